The number of para-hydroxylation sites is 2. The Labute approximate surface area is 194 Å². The number of aryl methyl sites for hydroxylation is 1. The van der Waals surface area contributed by atoms with Gasteiger partial charge < -0.3 is 14.8 Å². The summed E-state index contributed by atoms with van der Waals surface area (Å²) in [5, 5.41) is 13.4. The lowest BCUT2D eigenvalue weighted by Crippen LogP contribution is -2.37. The maximum atomic E-state index is 5.75. The second kappa shape index (κ2) is 11.4. The lowest BCUT2D eigenvalue weighted by Gasteiger charge is -2.26. The van der Waals surface area contributed by atoms with Crippen LogP contribution in [0.1, 0.15) is 18.3 Å². The molecule has 1 N–H and O–H groups in total. The molecule has 170 valence electrons. The molecule has 0 saturated carbocycles. The summed E-state index contributed by atoms with van der Waals surface area (Å²) in [4.78, 5) is 2.44. The molecule has 1 aliphatic rings. The van der Waals surface area contributed by atoms with E-state index in [4.69, 9.17) is 9.47 Å². The molecule has 32 heavy (non-hydrogen) atoms. The van der Waals surface area contributed by atoms with Crippen LogP contribution < -0.4 is 10.1 Å². The number of morpholine rings is 1. The largest absolute Gasteiger partial charge is 0.492 e. The number of nitrogens with zero attached hydrogens (tertiary/aromatic N) is 4. The van der Waals surface area contributed by atoms with Crippen molar-refractivity contribution in [2.75, 3.05) is 50.5 Å². The molecule has 0 amide bonds. The average molecular weight is 454 g/mol. The van der Waals surface area contributed by atoms with Crippen LogP contribution in [0.3, 0.4) is 0 Å². The second-order valence-electron chi connectivity index (χ2n) is 7.65. The molecule has 1 fully saturated rings. The first kappa shape index (κ1) is 22.6. The van der Waals surface area contributed by atoms with E-state index < -0.39 is 0 Å². The van der Waals surface area contributed by atoms with Crippen LogP contribution in [0.5, 0.6) is 5.75 Å². The Morgan fingerprint density at radius 3 is 2.62 bits per heavy atom. The van der Waals surface area contributed by atoms with Crippen molar-refractivity contribution in [3.63, 3.8) is 0 Å². The predicted octanol–water partition coefficient (Wildman–Crippen LogP) is 4.01. The monoisotopic (exact) mass is 453 g/mol. The van der Waals surface area contributed by atoms with Crippen molar-refractivity contribution in [3.05, 3.63) is 59.9 Å². The van der Waals surface area contributed by atoms with Gasteiger partial charge in [0.05, 0.1) is 32.1 Å². The highest BCUT2D eigenvalue weighted by Crippen LogP contribution is 2.26. The standard InChI is InChI=1S/C24H31N5O2S/c1-3-31-22-7-5-4-6-21(22)25-18-23-26-27-24(29(23)20-10-8-19(2)9-11-20)32-17-14-28-12-15-30-16-13-28/h4-11,25H,3,12-18H2,1-2H3. The lowest BCUT2D eigenvalue weighted by molar-refractivity contribution is 0.0410. The lowest BCUT2D eigenvalue weighted by atomic mass is 10.2. The molecule has 2 aromatic carbocycles. The van der Waals surface area contributed by atoms with Crippen LogP contribution in [-0.2, 0) is 11.3 Å². The number of rotatable bonds is 10. The van der Waals surface area contributed by atoms with Crippen LogP contribution in [0, 0.1) is 6.92 Å². The number of benzene rings is 2. The molecule has 1 aliphatic heterocycles. The molecule has 7 nitrogen and oxygen atoms in total. The molecular formula is C24H31N5O2S. The van der Waals surface area contributed by atoms with Gasteiger partial charge in [0.15, 0.2) is 11.0 Å². The van der Waals surface area contributed by atoms with Crippen molar-refractivity contribution >= 4 is 17.4 Å². The Morgan fingerprint density at radius 2 is 1.84 bits per heavy atom. The minimum absolute atomic E-state index is 0.551. The third-order valence-electron chi connectivity index (χ3n) is 5.36. The van der Waals surface area contributed by atoms with Gasteiger partial charge in [0.1, 0.15) is 5.75 Å². The van der Waals surface area contributed by atoms with Gasteiger partial charge in [-0.25, -0.2) is 0 Å². The summed E-state index contributed by atoms with van der Waals surface area (Å²) in [6.45, 7) is 9.93. The molecule has 1 saturated heterocycles. The minimum Gasteiger partial charge on any atom is -0.492 e. The Kier molecular flexibility index (Phi) is 8.03. The fraction of sp³-hybridized carbons (Fsp3) is 0.417. The van der Waals surface area contributed by atoms with Gasteiger partial charge in [-0.15, -0.1) is 10.2 Å². The van der Waals surface area contributed by atoms with Crippen molar-refractivity contribution in [3.8, 4) is 11.4 Å². The summed E-state index contributed by atoms with van der Waals surface area (Å²) in [6, 6.07) is 16.5. The quantitative estimate of drug-likeness (QED) is 0.465. The maximum absolute atomic E-state index is 5.75. The number of hydrogen-bond acceptors (Lipinski definition) is 7. The summed E-state index contributed by atoms with van der Waals surface area (Å²) in [5.74, 6) is 2.68. The number of hydrogen-bond donors (Lipinski definition) is 1. The van der Waals surface area contributed by atoms with E-state index in [1.165, 1.54) is 5.56 Å². The van der Waals surface area contributed by atoms with E-state index in [1.807, 2.05) is 31.2 Å². The Balaban J connectivity index is 1.50. The van der Waals surface area contributed by atoms with E-state index in [-0.39, 0.29) is 0 Å². The SMILES string of the molecule is CCOc1ccccc1NCc1nnc(SCCN2CCOCC2)n1-c1ccc(C)cc1. The van der Waals surface area contributed by atoms with Crippen molar-refractivity contribution in [2.24, 2.45) is 0 Å². The van der Waals surface area contributed by atoms with Gasteiger partial charge in [0, 0.05) is 31.1 Å². The Hall–Kier alpha value is -2.55. The zero-order chi connectivity index (χ0) is 22.2. The first-order valence-corrected chi connectivity index (χ1v) is 12.1. The third-order valence-corrected chi connectivity index (χ3v) is 6.27. The summed E-state index contributed by atoms with van der Waals surface area (Å²) in [7, 11) is 0. The Bertz CT molecular complexity index is 986. The number of thioether (sulfide) groups is 1. The van der Waals surface area contributed by atoms with Crippen LogP contribution >= 0.6 is 11.8 Å². The highest BCUT2D eigenvalue weighted by molar-refractivity contribution is 7.99. The fourth-order valence-electron chi connectivity index (χ4n) is 3.62. The van der Waals surface area contributed by atoms with Crippen LogP contribution in [0.2, 0.25) is 0 Å². The highest BCUT2D eigenvalue weighted by Gasteiger charge is 2.16. The minimum atomic E-state index is 0.551. The number of anilines is 1. The summed E-state index contributed by atoms with van der Waals surface area (Å²) in [6.07, 6.45) is 0. The highest BCUT2D eigenvalue weighted by atomic mass is 32.2. The average Bonchev–Trinajstić information content (AvgIpc) is 3.22. The van der Waals surface area contributed by atoms with E-state index in [9.17, 15) is 0 Å². The third kappa shape index (κ3) is 5.82. The second-order valence-corrected chi connectivity index (χ2v) is 8.72. The predicted molar refractivity (Wildman–Crippen MR) is 129 cm³/mol. The van der Waals surface area contributed by atoms with Crippen LogP contribution in [0.15, 0.2) is 53.7 Å². The van der Waals surface area contributed by atoms with E-state index in [0.29, 0.717) is 13.2 Å². The molecule has 4 rings (SSSR count). The van der Waals surface area contributed by atoms with Crippen molar-refractivity contribution in [2.45, 2.75) is 25.5 Å². The zero-order valence-electron chi connectivity index (χ0n) is 18.8. The molecule has 0 bridgehead atoms. The Morgan fingerprint density at radius 1 is 1.06 bits per heavy atom. The van der Waals surface area contributed by atoms with Gasteiger partial charge in [-0.2, -0.15) is 0 Å². The van der Waals surface area contributed by atoms with Crippen LogP contribution in [0.4, 0.5) is 5.69 Å². The molecule has 0 radical (unpaired) electrons. The topological polar surface area (TPSA) is 64.4 Å². The number of ether oxygens (including phenoxy) is 2. The smallest absolute Gasteiger partial charge is 0.195 e. The van der Waals surface area contributed by atoms with Crippen molar-refractivity contribution < 1.29 is 9.47 Å². The van der Waals surface area contributed by atoms with E-state index >= 15 is 0 Å². The molecule has 8 heteroatoms. The molecule has 0 aliphatic carbocycles. The van der Waals surface area contributed by atoms with Gasteiger partial charge in [-0.1, -0.05) is 41.6 Å². The van der Waals surface area contributed by atoms with Gasteiger partial charge in [-0.05, 0) is 38.1 Å². The fourth-order valence-corrected chi connectivity index (χ4v) is 4.59. The first-order chi connectivity index (χ1) is 15.7. The van der Waals surface area contributed by atoms with Gasteiger partial charge >= 0.3 is 0 Å². The van der Waals surface area contributed by atoms with Crippen molar-refractivity contribution in [1.82, 2.24) is 19.7 Å². The van der Waals surface area contributed by atoms with Crippen LogP contribution in [0.25, 0.3) is 5.69 Å². The van der Waals surface area contributed by atoms with E-state index in [1.54, 1.807) is 11.8 Å². The molecule has 1 aromatic heterocycles. The first-order valence-electron chi connectivity index (χ1n) is 11.1. The summed E-state index contributed by atoms with van der Waals surface area (Å²) >= 11 is 1.75. The molecule has 3 aromatic rings. The summed E-state index contributed by atoms with van der Waals surface area (Å²) in [5.41, 5.74) is 3.26. The number of nitrogens with one attached hydrogen (secondary N) is 1. The molecular weight excluding hydrogens is 422 g/mol. The molecule has 0 atom stereocenters. The zero-order valence-corrected chi connectivity index (χ0v) is 19.6. The van der Waals surface area contributed by atoms with E-state index in [2.05, 4.69) is 56.2 Å². The summed E-state index contributed by atoms with van der Waals surface area (Å²) < 4.78 is 13.3. The van der Waals surface area contributed by atoms with Crippen LogP contribution in [-0.4, -0.2) is 64.9 Å². The van der Waals surface area contributed by atoms with E-state index in [0.717, 1.165) is 66.7 Å². The number of aromatic nitrogens is 3. The van der Waals surface area contributed by atoms with Gasteiger partial charge in [-0.3, -0.25) is 9.47 Å². The molecule has 0 spiro atoms. The van der Waals surface area contributed by atoms with Gasteiger partial charge in [0.25, 0.3) is 0 Å². The maximum Gasteiger partial charge on any atom is 0.195 e. The normalized spacial score (nSPS) is 14.4. The van der Waals surface area contributed by atoms with Gasteiger partial charge in [0.2, 0.25) is 0 Å². The molecule has 2 heterocycles. The van der Waals surface area contributed by atoms with Crippen molar-refractivity contribution in [1.29, 1.82) is 0 Å². The molecule has 0 unspecified atom stereocenters.